The molecule has 0 radical (unpaired) electrons. The van der Waals surface area contributed by atoms with Crippen molar-refractivity contribution in [3.63, 3.8) is 0 Å². The average Bonchev–Trinajstić information content (AvgIpc) is 2.38. The summed E-state index contributed by atoms with van der Waals surface area (Å²) in [4.78, 5) is 15.5. The molecule has 0 fully saturated rings. The smallest absolute Gasteiger partial charge is 0.339 e. The standard InChI is InChI=1S/C14H12N2O2/c1-2-3-8-15-13-11(14(17)18)9-10-6-4-5-7-12(10)16-13/h4-7,9H,8H2,1H3,(H,15,16)(H,17,18). The molecule has 0 aliphatic carbocycles. The summed E-state index contributed by atoms with van der Waals surface area (Å²) in [5.41, 5.74) is 0.918. The molecule has 2 N–H and O–H groups in total. The van der Waals surface area contributed by atoms with E-state index in [0.717, 1.165) is 10.9 Å². The fourth-order valence-electron chi connectivity index (χ4n) is 1.63. The van der Waals surface area contributed by atoms with Gasteiger partial charge in [-0.25, -0.2) is 9.78 Å². The summed E-state index contributed by atoms with van der Waals surface area (Å²) in [6.45, 7) is 2.11. The van der Waals surface area contributed by atoms with Gasteiger partial charge in [0, 0.05) is 5.39 Å². The van der Waals surface area contributed by atoms with E-state index in [9.17, 15) is 4.79 Å². The van der Waals surface area contributed by atoms with Gasteiger partial charge >= 0.3 is 5.97 Å². The highest BCUT2D eigenvalue weighted by Crippen LogP contribution is 2.20. The van der Waals surface area contributed by atoms with E-state index in [1.807, 2.05) is 24.3 Å². The molecule has 0 aliphatic heterocycles. The van der Waals surface area contributed by atoms with E-state index >= 15 is 0 Å². The van der Waals surface area contributed by atoms with Crippen LogP contribution in [-0.4, -0.2) is 22.6 Å². The number of anilines is 1. The zero-order chi connectivity index (χ0) is 13.0. The largest absolute Gasteiger partial charge is 0.478 e. The minimum absolute atomic E-state index is 0.159. The number of nitrogens with zero attached hydrogens (tertiary/aromatic N) is 1. The van der Waals surface area contributed by atoms with Crippen molar-refractivity contribution in [3.05, 3.63) is 35.9 Å². The van der Waals surface area contributed by atoms with Crippen LogP contribution in [0, 0.1) is 11.8 Å². The SMILES string of the molecule is CC#CCNc1nc2ccccc2cc1C(=O)O. The number of aromatic nitrogens is 1. The van der Waals surface area contributed by atoms with Crippen LogP contribution >= 0.6 is 0 Å². The molecule has 1 aromatic heterocycles. The highest BCUT2D eigenvalue weighted by molar-refractivity contribution is 5.98. The molecule has 0 unspecified atom stereocenters. The predicted octanol–water partition coefficient (Wildman–Crippen LogP) is 2.37. The summed E-state index contributed by atoms with van der Waals surface area (Å²) >= 11 is 0. The first-order valence-corrected chi connectivity index (χ1v) is 5.49. The van der Waals surface area contributed by atoms with Gasteiger partial charge in [-0.15, -0.1) is 5.92 Å². The van der Waals surface area contributed by atoms with Crippen molar-refractivity contribution >= 4 is 22.7 Å². The maximum atomic E-state index is 11.2. The zero-order valence-electron chi connectivity index (χ0n) is 9.90. The van der Waals surface area contributed by atoms with Crippen LogP contribution in [0.2, 0.25) is 0 Å². The van der Waals surface area contributed by atoms with E-state index < -0.39 is 5.97 Å². The predicted molar refractivity (Wildman–Crippen MR) is 70.6 cm³/mol. The number of hydrogen-bond donors (Lipinski definition) is 2. The highest BCUT2D eigenvalue weighted by atomic mass is 16.4. The zero-order valence-corrected chi connectivity index (χ0v) is 9.90. The quantitative estimate of drug-likeness (QED) is 0.808. The Hall–Kier alpha value is -2.54. The van der Waals surface area contributed by atoms with Crippen LogP contribution in [0.5, 0.6) is 0 Å². The maximum absolute atomic E-state index is 11.2. The van der Waals surface area contributed by atoms with E-state index in [1.54, 1.807) is 13.0 Å². The van der Waals surface area contributed by atoms with Crippen molar-refractivity contribution in [2.75, 3.05) is 11.9 Å². The van der Waals surface area contributed by atoms with Crippen molar-refractivity contribution in [2.45, 2.75) is 6.92 Å². The average molecular weight is 240 g/mol. The molecule has 0 aliphatic rings. The Labute approximate surface area is 105 Å². The van der Waals surface area contributed by atoms with Gasteiger partial charge in [0.15, 0.2) is 0 Å². The maximum Gasteiger partial charge on any atom is 0.339 e. The monoisotopic (exact) mass is 240 g/mol. The lowest BCUT2D eigenvalue weighted by atomic mass is 10.1. The van der Waals surface area contributed by atoms with Crippen LogP contribution in [0.15, 0.2) is 30.3 Å². The molecule has 90 valence electrons. The van der Waals surface area contributed by atoms with E-state index in [2.05, 4.69) is 22.1 Å². The Balaban J connectivity index is 2.49. The van der Waals surface area contributed by atoms with Crippen LogP contribution < -0.4 is 5.32 Å². The molecule has 2 aromatic rings. The number of aromatic carboxylic acids is 1. The van der Waals surface area contributed by atoms with Gasteiger partial charge in [-0.05, 0) is 19.1 Å². The highest BCUT2D eigenvalue weighted by Gasteiger charge is 2.12. The molecule has 0 saturated heterocycles. The lowest BCUT2D eigenvalue weighted by Gasteiger charge is -2.07. The Morgan fingerprint density at radius 3 is 2.94 bits per heavy atom. The number of nitrogens with one attached hydrogen (secondary N) is 1. The van der Waals surface area contributed by atoms with Gasteiger partial charge in [0.2, 0.25) is 0 Å². The summed E-state index contributed by atoms with van der Waals surface area (Å²) in [5, 5.41) is 12.9. The minimum atomic E-state index is -1.000. The van der Waals surface area contributed by atoms with Crippen molar-refractivity contribution in [3.8, 4) is 11.8 Å². The van der Waals surface area contributed by atoms with Crippen LogP contribution in [0.4, 0.5) is 5.82 Å². The third kappa shape index (κ3) is 2.41. The Morgan fingerprint density at radius 1 is 1.44 bits per heavy atom. The molecule has 4 nitrogen and oxygen atoms in total. The van der Waals surface area contributed by atoms with Crippen molar-refractivity contribution in [1.29, 1.82) is 0 Å². The number of hydrogen-bond acceptors (Lipinski definition) is 3. The second-order valence-electron chi connectivity index (χ2n) is 3.66. The summed E-state index contributed by atoms with van der Waals surface area (Å²) in [6.07, 6.45) is 0. The molecule has 2 rings (SSSR count). The Kier molecular flexibility index (Phi) is 3.44. The molecular weight excluding hydrogens is 228 g/mol. The van der Waals surface area contributed by atoms with Crippen molar-refractivity contribution in [1.82, 2.24) is 4.98 Å². The second kappa shape index (κ2) is 5.19. The lowest BCUT2D eigenvalue weighted by molar-refractivity contribution is 0.0698. The van der Waals surface area contributed by atoms with Gasteiger partial charge in [0.25, 0.3) is 0 Å². The van der Waals surface area contributed by atoms with Crippen molar-refractivity contribution < 1.29 is 9.90 Å². The van der Waals surface area contributed by atoms with E-state index in [4.69, 9.17) is 5.11 Å². The van der Waals surface area contributed by atoms with Gasteiger partial charge in [-0.1, -0.05) is 24.1 Å². The Morgan fingerprint density at radius 2 is 2.22 bits per heavy atom. The number of rotatable bonds is 3. The van der Waals surface area contributed by atoms with E-state index in [0.29, 0.717) is 12.4 Å². The van der Waals surface area contributed by atoms with Crippen LogP contribution in [-0.2, 0) is 0 Å². The number of fused-ring (bicyclic) bond motifs is 1. The second-order valence-corrected chi connectivity index (χ2v) is 3.66. The number of para-hydroxylation sites is 1. The normalized spacial score (nSPS) is 9.61. The third-order valence-corrected chi connectivity index (χ3v) is 2.48. The van der Waals surface area contributed by atoms with Gasteiger partial charge in [0.05, 0.1) is 12.1 Å². The molecule has 0 atom stereocenters. The van der Waals surface area contributed by atoms with Gasteiger partial charge < -0.3 is 10.4 Å². The molecule has 1 heterocycles. The van der Waals surface area contributed by atoms with Gasteiger partial charge in [0.1, 0.15) is 11.4 Å². The first kappa shape index (κ1) is 11.9. The van der Waals surface area contributed by atoms with Crippen LogP contribution in [0.25, 0.3) is 10.9 Å². The lowest BCUT2D eigenvalue weighted by Crippen LogP contribution is -2.08. The molecule has 4 heteroatoms. The number of carbonyl (C=O) groups is 1. The number of benzene rings is 1. The number of pyridine rings is 1. The van der Waals surface area contributed by atoms with Crippen molar-refractivity contribution in [2.24, 2.45) is 0 Å². The molecule has 0 spiro atoms. The van der Waals surface area contributed by atoms with Gasteiger partial charge in [-0.3, -0.25) is 0 Å². The minimum Gasteiger partial charge on any atom is -0.478 e. The fraction of sp³-hybridized carbons (Fsp3) is 0.143. The van der Waals surface area contributed by atoms with Crippen LogP contribution in [0.1, 0.15) is 17.3 Å². The summed E-state index contributed by atoms with van der Waals surface area (Å²) in [7, 11) is 0. The topological polar surface area (TPSA) is 62.2 Å². The first-order valence-electron chi connectivity index (χ1n) is 5.49. The third-order valence-electron chi connectivity index (χ3n) is 2.48. The fourth-order valence-corrected chi connectivity index (χ4v) is 1.63. The molecule has 0 bridgehead atoms. The molecule has 18 heavy (non-hydrogen) atoms. The number of carboxylic acids is 1. The molecule has 0 saturated carbocycles. The Bertz CT molecular complexity index is 654. The molecule has 0 amide bonds. The van der Waals surface area contributed by atoms with E-state index in [1.165, 1.54) is 0 Å². The van der Waals surface area contributed by atoms with Crippen LogP contribution in [0.3, 0.4) is 0 Å². The summed E-state index contributed by atoms with van der Waals surface area (Å²) in [6, 6.07) is 9.02. The molecular formula is C14H12N2O2. The first-order chi connectivity index (χ1) is 8.72. The summed E-state index contributed by atoms with van der Waals surface area (Å²) in [5.74, 6) is 4.90. The molecule has 1 aromatic carbocycles. The number of carboxylic acid groups (broad SMARTS) is 1. The van der Waals surface area contributed by atoms with E-state index in [-0.39, 0.29) is 5.56 Å². The summed E-state index contributed by atoms with van der Waals surface area (Å²) < 4.78 is 0. The van der Waals surface area contributed by atoms with Gasteiger partial charge in [-0.2, -0.15) is 0 Å².